The molecule has 0 radical (unpaired) electrons. The minimum Gasteiger partial charge on any atom is -0.486 e. The lowest BCUT2D eigenvalue weighted by Crippen LogP contribution is -2.46. The highest BCUT2D eigenvalue weighted by atomic mass is 16.6. The highest BCUT2D eigenvalue weighted by molar-refractivity contribution is 5.53. The molecule has 0 amide bonds. The van der Waals surface area contributed by atoms with E-state index in [-0.39, 0.29) is 0 Å². The predicted octanol–water partition coefficient (Wildman–Crippen LogP) is 3.09. The summed E-state index contributed by atoms with van der Waals surface area (Å²) in [6, 6.07) is 15.0. The van der Waals surface area contributed by atoms with Crippen molar-refractivity contribution in [1.29, 1.82) is 0 Å². The SMILES string of the molecule is Cc1ccccc1N1CCN(Cc2ccc3c(c2)OCCO3)CC1. The van der Waals surface area contributed by atoms with Crippen LogP contribution >= 0.6 is 0 Å². The fraction of sp³-hybridized carbons (Fsp3) is 0.400. The van der Waals surface area contributed by atoms with Crippen LogP contribution in [-0.4, -0.2) is 44.3 Å². The van der Waals surface area contributed by atoms with Crippen LogP contribution in [0.15, 0.2) is 42.5 Å². The zero-order chi connectivity index (χ0) is 16.4. The molecule has 1 fully saturated rings. The fourth-order valence-electron chi connectivity index (χ4n) is 3.51. The quantitative estimate of drug-likeness (QED) is 0.866. The molecule has 4 nitrogen and oxygen atoms in total. The van der Waals surface area contributed by atoms with Crippen molar-refractivity contribution in [2.24, 2.45) is 0 Å². The Hall–Kier alpha value is -2.20. The Bertz CT molecular complexity index is 709. The first-order valence-electron chi connectivity index (χ1n) is 8.71. The van der Waals surface area contributed by atoms with Gasteiger partial charge in [-0.05, 0) is 36.2 Å². The van der Waals surface area contributed by atoms with Crippen molar-refractivity contribution in [3.63, 3.8) is 0 Å². The van der Waals surface area contributed by atoms with Crippen LogP contribution in [0.3, 0.4) is 0 Å². The lowest BCUT2D eigenvalue weighted by molar-refractivity contribution is 0.171. The second kappa shape index (κ2) is 6.73. The highest BCUT2D eigenvalue weighted by Crippen LogP contribution is 2.31. The van der Waals surface area contributed by atoms with Gasteiger partial charge < -0.3 is 14.4 Å². The normalized spacial score (nSPS) is 17.8. The van der Waals surface area contributed by atoms with Crippen LogP contribution < -0.4 is 14.4 Å². The summed E-state index contributed by atoms with van der Waals surface area (Å²) >= 11 is 0. The van der Waals surface area contributed by atoms with E-state index in [0.29, 0.717) is 13.2 Å². The molecular formula is C20H24N2O2. The van der Waals surface area contributed by atoms with Crippen LogP contribution in [0.25, 0.3) is 0 Å². The second-order valence-corrected chi connectivity index (χ2v) is 6.53. The molecule has 0 saturated carbocycles. The van der Waals surface area contributed by atoms with Crippen molar-refractivity contribution in [3.8, 4) is 11.5 Å². The summed E-state index contributed by atoms with van der Waals surface area (Å²) in [5, 5.41) is 0. The third-order valence-corrected chi connectivity index (χ3v) is 4.84. The molecule has 0 N–H and O–H groups in total. The average Bonchev–Trinajstić information content (AvgIpc) is 2.63. The molecule has 0 spiro atoms. The Balaban J connectivity index is 1.37. The Morgan fingerprint density at radius 1 is 0.875 bits per heavy atom. The zero-order valence-electron chi connectivity index (χ0n) is 14.2. The van der Waals surface area contributed by atoms with E-state index in [1.807, 2.05) is 6.07 Å². The van der Waals surface area contributed by atoms with Gasteiger partial charge in [-0.15, -0.1) is 0 Å². The maximum absolute atomic E-state index is 5.69. The van der Waals surface area contributed by atoms with E-state index >= 15 is 0 Å². The lowest BCUT2D eigenvalue weighted by atomic mass is 10.1. The molecule has 0 bridgehead atoms. The number of hydrogen-bond acceptors (Lipinski definition) is 4. The minimum absolute atomic E-state index is 0.644. The number of anilines is 1. The Labute approximate surface area is 143 Å². The first-order valence-corrected chi connectivity index (χ1v) is 8.71. The van der Waals surface area contributed by atoms with Crippen LogP contribution in [0, 0.1) is 6.92 Å². The van der Waals surface area contributed by atoms with E-state index in [9.17, 15) is 0 Å². The molecule has 0 aromatic heterocycles. The maximum atomic E-state index is 5.69. The number of benzene rings is 2. The molecule has 4 rings (SSSR count). The van der Waals surface area contributed by atoms with Gasteiger partial charge >= 0.3 is 0 Å². The van der Waals surface area contributed by atoms with Crippen molar-refractivity contribution >= 4 is 5.69 Å². The first-order chi connectivity index (χ1) is 11.8. The van der Waals surface area contributed by atoms with Crippen molar-refractivity contribution in [2.75, 3.05) is 44.3 Å². The van der Waals surface area contributed by atoms with Crippen molar-refractivity contribution in [3.05, 3.63) is 53.6 Å². The third-order valence-electron chi connectivity index (χ3n) is 4.84. The number of para-hydroxylation sites is 1. The summed E-state index contributed by atoms with van der Waals surface area (Å²) in [6.07, 6.45) is 0. The molecule has 2 aliphatic rings. The molecule has 0 aliphatic carbocycles. The van der Waals surface area contributed by atoms with E-state index in [2.05, 4.69) is 53.1 Å². The zero-order valence-corrected chi connectivity index (χ0v) is 14.2. The summed E-state index contributed by atoms with van der Waals surface area (Å²) in [6.45, 7) is 8.78. The standard InChI is InChI=1S/C20H24N2O2/c1-16-4-2-3-5-18(16)22-10-8-21(9-11-22)15-17-6-7-19-20(14-17)24-13-12-23-19/h2-7,14H,8-13,15H2,1H3. The summed E-state index contributed by atoms with van der Waals surface area (Å²) in [5.41, 5.74) is 4.03. The van der Waals surface area contributed by atoms with Gasteiger partial charge in [0.25, 0.3) is 0 Å². The second-order valence-electron chi connectivity index (χ2n) is 6.53. The molecule has 0 atom stereocenters. The van der Waals surface area contributed by atoms with E-state index < -0.39 is 0 Å². The topological polar surface area (TPSA) is 24.9 Å². The van der Waals surface area contributed by atoms with Gasteiger partial charge in [-0.1, -0.05) is 24.3 Å². The molecular weight excluding hydrogens is 300 g/mol. The number of nitrogens with zero attached hydrogens (tertiary/aromatic N) is 2. The Morgan fingerprint density at radius 3 is 2.42 bits per heavy atom. The number of hydrogen-bond donors (Lipinski definition) is 0. The van der Waals surface area contributed by atoms with Gasteiger partial charge in [-0.25, -0.2) is 0 Å². The van der Waals surface area contributed by atoms with Crippen LogP contribution in [0.1, 0.15) is 11.1 Å². The largest absolute Gasteiger partial charge is 0.486 e. The van der Waals surface area contributed by atoms with Gasteiger partial charge in [0.15, 0.2) is 11.5 Å². The molecule has 126 valence electrons. The monoisotopic (exact) mass is 324 g/mol. The van der Waals surface area contributed by atoms with Gasteiger partial charge in [0.1, 0.15) is 13.2 Å². The summed E-state index contributed by atoms with van der Waals surface area (Å²) in [4.78, 5) is 5.01. The Kier molecular flexibility index (Phi) is 4.30. The third kappa shape index (κ3) is 3.20. The number of piperazine rings is 1. The molecule has 2 aromatic rings. The number of aryl methyl sites for hydroxylation is 1. The van der Waals surface area contributed by atoms with E-state index in [4.69, 9.17) is 9.47 Å². The summed E-state index contributed by atoms with van der Waals surface area (Å²) in [5.74, 6) is 1.76. The van der Waals surface area contributed by atoms with Crippen LogP contribution in [-0.2, 0) is 6.54 Å². The van der Waals surface area contributed by atoms with E-state index in [1.165, 1.54) is 16.8 Å². The van der Waals surface area contributed by atoms with Crippen molar-refractivity contribution in [2.45, 2.75) is 13.5 Å². The minimum atomic E-state index is 0.644. The average molecular weight is 324 g/mol. The lowest BCUT2D eigenvalue weighted by Gasteiger charge is -2.37. The first kappa shape index (κ1) is 15.3. The van der Waals surface area contributed by atoms with Crippen LogP contribution in [0.5, 0.6) is 11.5 Å². The smallest absolute Gasteiger partial charge is 0.161 e. The van der Waals surface area contributed by atoms with Crippen molar-refractivity contribution in [1.82, 2.24) is 4.90 Å². The summed E-state index contributed by atoms with van der Waals surface area (Å²) in [7, 11) is 0. The van der Waals surface area contributed by atoms with E-state index in [0.717, 1.165) is 44.2 Å². The van der Waals surface area contributed by atoms with E-state index in [1.54, 1.807) is 0 Å². The van der Waals surface area contributed by atoms with Crippen LogP contribution in [0.2, 0.25) is 0 Å². The van der Waals surface area contributed by atoms with Crippen LogP contribution in [0.4, 0.5) is 5.69 Å². The highest BCUT2D eigenvalue weighted by Gasteiger charge is 2.19. The molecule has 24 heavy (non-hydrogen) atoms. The van der Waals surface area contributed by atoms with Gasteiger partial charge in [0, 0.05) is 38.4 Å². The molecule has 2 aromatic carbocycles. The van der Waals surface area contributed by atoms with Gasteiger partial charge in [0.05, 0.1) is 0 Å². The Morgan fingerprint density at radius 2 is 1.62 bits per heavy atom. The van der Waals surface area contributed by atoms with Crippen molar-refractivity contribution < 1.29 is 9.47 Å². The predicted molar refractivity (Wildman–Crippen MR) is 96.1 cm³/mol. The van der Waals surface area contributed by atoms with Gasteiger partial charge in [-0.3, -0.25) is 4.90 Å². The number of rotatable bonds is 3. The molecule has 2 heterocycles. The number of fused-ring (bicyclic) bond motifs is 1. The fourth-order valence-corrected chi connectivity index (χ4v) is 3.51. The molecule has 0 unspecified atom stereocenters. The summed E-state index contributed by atoms with van der Waals surface area (Å²) < 4.78 is 11.3. The number of ether oxygens (including phenoxy) is 2. The molecule has 2 aliphatic heterocycles. The maximum Gasteiger partial charge on any atom is 0.161 e. The van der Waals surface area contributed by atoms with Gasteiger partial charge in [0.2, 0.25) is 0 Å². The molecule has 4 heteroatoms. The van der Waals surface area contributed by atoms with Gasteiger partial charge in [-0.2, -0.15) is 0 Å². The molecule has 1 saturated heterocycles.